The lowest BCUT2D eigenvalue weighted by atomic mass is 9.92. The zero-order valence-electron chi connectivity index (χ0n) is 10.5. The fraction of sp³-hybridized carbons (Fsp3) is 0.545. The summed E-state index contributed by atoms with van der Waals surface area (Å²) < 4.78 is 0. The van der Waals surface area contributed by atoms with E-state index in [9.17, 15) is 24.6 Å². The Bertz CT molecular complexity index is 517. The van der Waals surface area contributed by atoms with Crippen LogP contribution < -0.4 is 5.73 Å². The van der Waals surface area contributed by atoms with Crippen LogP contribution in [0.2, 0.25) is 0 Å². The van der Waals surface area contributed by atoms with Crippen LogP contribution in [0.5, 0.6) is 0 Å². The van der Waals surface area contributed by atoms with Crippen LogP contribution in [0.1, 0.15) is 13.3 Å². The van der Waals surface area contributed by atoms with Crippen LogP contribution in [0.3, 0.4) is 0 Å². The van der Waals surface area contributed by atoms with Gasteiger partial charge in [0.05, 0.1) is 18.4 Å². The van der Waals surface area contributed by atoms with Gasteiger partial charge < -0.3 is 21.1 Å². The molecule has 1 amide bonds. The zero-order chi connectivity index (χ0) is 15.2. The Morgan fingerprint density at radius 3 is 2.50 bits per heavy atom. The first-order valence-corrected chi connectivity index (χ1v) is 6.76. The van der Waals surface area contributed by atoms with Crippen LogP contribution >= 0.6 is 11.8 Å². The highest BCUT2D eigenvalue weighted by Gasteiger charge is 2.58. The van der Waals surface area contributed by atoms with Gasteiger partial charge in [-0.1, -0.05) is 11.8 Å². The highest BCUT2D eigenvalue weighted by atomic mass is 32.2. The number of carbonyl (C=O) groups excluding carboxylic acids is 1. The van der Waals surface area contributed by atoms with Gasteiger partial charge in [-0.15, -0.1) is 0 Å². The van der Waals surface area contributed by atoms with E-state index in [1.807, 2.05) is 0 Å². The van der Waals surface area contributed by atoms with Crippen molar-refractivity contribution in [3.05, 3.63) is 10.6 Å². The second-order valence-electron chi connectivity index (χ2n) is 4.71. The predicted octanol–water partition coefficient (Wildman–Crippen LogP) is -1.00. The number of β-lactam (4-membered cyclic amide) rings is 1. The van der Waals surface area contributed by atoms with Crippen LogP contribution in [0.15, 0.2) is 10.6 Å². The quantitative estimate of drug-likeness (QED) is 0.474. The third kappa shape index (κ3) is 2.17. The number of thioether (sulfide) groups is 1. The van der Waals surface area contributed by atoms with Gasteiger partial charge >= 0.3 is 11.9 Å². The third-order valence-corrected chi connectivity index (χ3v) is 4.76. The van der Waals surface area contributed by atoms with Crippen molar-refractivity contribution in [2.45, 2.75) is 30.9 Å². The Labute approximate surface area is 118 Å². The van der Waals surface area contributed by atoms with Gasteiger partial charge in [0.1, 0.15) is 11.1 Å². The van der Waals surface area contributed by atoms with Crippen molar-refractivity contribution in [2.75, 3.05) is 0 Å². The Morgan fingerprint density at radius 1 is 1.45 bits per heavy atom. The van der Waals surface area contributed by atoms with E-state index in [2.05, 4.69) is 0 Å². The fourth-order valence-corrected chi connectivity index (χ4v) is 3.97. The molecular weight excluding hydrogens is 288 g/mol. The molecule has 0 aromatic heterocycles. The number of aliphatic hydroxyl groups excluding tert-OH is 1. The Balaban J connectivity index is 2.30. The van der Waals surface area contributed by atoms with Gasteiger partial charge in [-0.25, -0.2) is 4.79 Å². The van der Waals surface area contributed by atoms with Crippen LogP contribution in [0.4, 0.5) is 0 Å². The number of rotatable bonds is 5. The molecule has 0 spiro atoms. The molecule has 0 aromatic rings. The largest absolute Gasteiger partial charge is 0.481 e. The number of aliphatic carboxylic acids is 2. The minimum absolute atomic E-state index is 0.168. The lowest BCUT2D eigenvalue weighted by Crippen LogP contribution is -2.60. The molecule has 8 nitrogen and oxygen atoms in total. The smallest absolute Gasteiger partial charge is 0.353 e. The first-order chi connectivity index (χ1) is 9.25. The normalized spacial score (nSPS) is 27.9. The SMILES string of the molecule is CC(O)[C@H]1C(=O)N2C(C(=O)O)=C([C@H](N)CC(=O)O)S[C@H]12. The molecule has 1 saturated heterocycles. The molecule has 0 radical (unpaired) electrons. The average Bonchev–Trinajstić information content (AvgIpc) is 2.62. The Morgan fingerprint density at radius 2 is 2.05 bits per heavy atom. The van der Waals surface area contributed by atoms with Gasteiger partial charge in [0.15, 0.2) is 0 Å². The Kier molecular flexibility index (Phi) is 3.76. The monoisotopic (exact) mass is 302 g/mol. The van der Waals surface area contributed by atoms with E-state index in [-0.39, 0.29) is 10.6 Å². The lowest BCUT2D eigenvalue weighted by Gasteiger charge is -2.43. The minimum Gasteiger partial charge on any atom is -0.481 e. The van der Waals surface area contributed by atoms with E-state index >= 15 is 0 Å². The van der Waals surface area contributed by atoms with Crippen molar-refractivity contribution >= 4 is 29.6 Å². The van der Waals surface area contributed by atoms with Crippen LogP contribution in [-0.4, -0.2) is 55.6 Å². The van der Waals surface area contributed by atoms with Crippen molar-refractivity contribution in [3.63, 3.8) is 0 Å². The van der Waals surface area contributed by atoms with Crippen LogP contribution in [0.25, 0.3) is 0 Å². The Hall–Kier alpha value is -1.58. The minimum atomic E-state index is -1.33. The molecule has 1 unspecified atom stereocenters. The maximum Gasteiger partial charge on any atom is 0.353 e. The fourth-order valence-electron chi connectivity index (χ4n) is 2.35. The van der Waals surface area contributed by atoms with E-state index in [1.54, 1.807) is 0 Å². The maximum atomic E-state index is 11.9. The lowest BCUT2D eigenvalue weighted by molar-refractivity contribution is -0.156. The van der Waals surface area contributed by atoms with E-state index in [0.29, 0.717) is 0 Å². The number of carbonyl (C=O) groups is 3. The van der Waals surface area contributed by atoms with Crippen LogP contribution in [0, 0.1) is 5.92 Å². The summed E-state index contributed by atoms with van der Waals surface area (Å²) in [5.41, 5.74) is 5.44. The van der Waals surface area contributed by atoms with Gasteiger partial charge in [-0.05, 0) is 6.92 Å². The second-order valence-corrected chi connectivity index (χ2v) is 5.86. The number of hydrogen-bond donors (Lipinski definition) is 4. The van der Waals surface area contributed by atoms with Gasteiger partial charge in [0, 0.05) is 10.9 Å². The standard InChI is InChI=1S/C11H14N2O6S/c1-3(14)6-9(17)13-7(11(18)19)8(20-10(6)13)4(12)2-5(15)16/h3-4,6,10,14H,2,12H2,1H3,(H,15,16)(H,18,19)/t3?,4-,6+,10-/m1/s1. The first kappa shape index (κ1) is 14.8. The molecule has 2 aliphatic heterocycles. The zero-order valence-corrected chi connectivity index (χ0v) is 11.3. The number of amides is 1. The van der Waals surface area contributed by atoms with Gasteiger partial charge in [0.25, 0.3) is 0 Å². The summed E-state index contributed by atoms with van der Waals surface area (Å²) in [6, 6.07) is -0.989. The summed E-state index contributed by atoms with van der Waals surface area (Å²) in [6.45, 7) is 1.45. The molecular formula is C11H14N2O6S. The molecule has 2 heterocycles. The van der Waals surface area contributed by atoms with Crippen molar-refractivity contribution in [1.82, 2.24) is 4.90 Å². The number of hydrogen-bond acceptors (Lipinski definition) is 6. The predicted molar refractivity (Wildman–Crippen MR) is 68.3 cm³/mol. The van der Waals surface area contributed by atoms with Crippen molar-refractivity contribution in [2.24, 2.45) is 11.7 Å². The van der Waals surface area contributed by atoms with Crippen LogP contribution in [-0.2, 0) is 14.4 Å². The third-order valence-electron chi connectivity index (χ3n) is 3.26. The molecule has 4 atom stereocenters. The molecule has 0 saturated carbocycles. The molecule has 110 valence electrons. The molecule has 1 fully saturated rings. The van der Waals surface area contributed by atoms with E-state index in [1.165, 1.54) is 6.92 Å². The molecule has 2 aliphatic rings. The van der Waals surface area contributed by atoms with E-state index < -0.39 is 47.7 Å². The van der Waals surface area contributed by atoms with E-state index in [4.69, 9.17) is 10.8 Å². The molecule has 9 heteroatoms. The summed E-state index contributed by atoms with van der Waals surface area (Å²) in [5, 5.41) is 26.9. The molecule has 5 N–H and O–H groups in total. The number of aliphatic hydroxyl groups is 1. The number of nitrogens with two attached hydrogens (primary N) is 1. The number of nitrogens with zero attached hydrogens (tertiary/aromatic N) is 1. The molecule has 0 aromatic carbocycles. The average molecular weight is 302 g/mol. The highest BCUT2D eigenvalue weighted by molar-refractivity contribution is 8.04. The van der Waals surface area contributed by atoms with Crippen molar-refractivity contribution in [3.8, 4) is 0 Å². The van der Waals surface area contributed by atoms with E-state index in [0.717, 1.165) is 16.7 Å². The first-order valence-electron chi connectivity index (χ1n) is 5.88. The van der Waals surface area contributed by atoms with Gasteiger partial charge in [-0.2, -0.15) is 0 Å². The summed E-state index contributed by atoms with van der Waals surface area (Å²) in [7, 11) is 0. The van der Waals surface area contributed by atoms with Crippen molar-refractivity contribution < 1.29 is 29.7 Å². The van der Waals surface area contributed by atoms with Gasteiger partial charge in [0.2, 0.25) is 5.91 Å². The summed E-state index contributed by atoms with van der Waals surface area (Å²) in [4.78, 5) is 35.1. The van der Waals surface area contributed by atoms with Crippen molar-refractivity contribution in [1.29, 1.82) is 0 Å². The molecule has 0 bridgehead atoms. The number of carboxylic acids is 2. The second kappa shape index (κ2) is 5.08. The highest BCUT2D eigenvalue weighted by Crippen LogP contribution is 2.51. The molecule has 20 heavy (non-hydrogen) atoms. The molecule has 0 aliphatic carbocycles. The summed E-state index contributed by atoms with van der Waals surface area (Å²) >= 11 is 1.04. The topological polar surface area (TPSA) is 141 Å². The molecule has 2 rings (SSSR count). The maximum absolute atomic E-state index is 11.9. The van der Waals surface area contributed by atoms with Gasteiger partial charge in [-0.3, -0.25) is 14.5 Å². The summed E-state index contributed by atoms with van der Waals surface area (Å²) in [6.07, 6.45) is -1.32. The number of carboxylic acid groups (broad SMARTS) is 2. The number of fused-ring (bicyclic) bond motifs is 1. The summed E-state index contributed by atoms with van der Waals surface area (Å²) in [5.74, 6) is -3.65.